The Morgan fingerprint density at radius 2 is 2.00 bits per heavy atom. The van der Waals surface area contributed by atoms with Gasteiger partial charge in [-0.05, 0) is 25.8 Å². The maximum Gasteiger partial charge on any atom is 0.387 e. The molecule has 1 aliphatic carbocycles. The zero-order valence-corrected chi connectivity index (χ0v) is 10.3. The van der Waals surface area contributed by atoms with Crippen LogP contribution in [0.1, 0.15) is 31.4 Å². The Hall–Kier alpha value is -1.20. The first-order chi connectivity index (χ1) is 8.56. The molecule has 0 amide bonds. The van der Waals surface area contributed by atoms with Crippen molar-refractivity contribution in [3.63, 3.8) is 0 Å². The van der Waals surface area contributed by atoms with Crippen molar-refractivity contribution in [3.8, 4) is 5.75 Å². The van der Waals surface area contributed by atoms with Crippen LogP contribution in [0.3, 0.4) is 0 Å². The summed E-state index contributed by atoms with van der Waals surface area (Å²) in [7, 11) is 0. The first-order valence-electron chi connectivity index (χ1n) is 6.11. The van der Waals surface area contributed by atoms with E-state index in [1.165, 1.54) is 0 Å². The Labute approximate surface area is 105 Å². The number of nitrogens with one attached hydrogen (secondary N) is 1. The summed E-state index contributed by atoms with van der Waals surface area (Å²) in [6.45, 7) is -0.854. The van der Waals surface area contributed by atoms with E-state index >= 15 is 0 Å². The van der Waals surface area contributed by atoms with Gasteiger partial charge in [0.2, 0.25) is 0 Å². The first-order valence-corrected chi connectivity index (χ1v) is 6.11. The predicted molar refractivity (Wildman–Crippen MR) is 65.6 cm³/mol. The predicted octanol–water partition coefficient (Wildman–Crippen LogP) is 2.43. The molecule has 1 aromatic rings. The highest BCUT2D eigenvalue weighted by Gasteiger charge is 2.27. The van der Waals surface area contributed by atoms with Gasteiger partial charge in [0, 0.05) is 23.7 Å². The number of ether oxygens (including phenoxy) is 1. The molecule has 1 aliphatic rings. The van der Waals surface area contributed by atoms with Crippen LogP contribution < -0.4 is 15.8 Å². The average molecular weight is 256 g/mol. The van der Waals surface area contributed by atoms with E-state index in [0.717, 1.165) is 18.4 Å². The molecule has 1 aromatic carbocycles. The van der Waals surface area contributed by atoms with Gasteiger partial charge in [0.1, 0.15) is 5.75 Å². The van der Waals surface area contributed by atoms with E-state index in [1.54, 1.807) is 18.2 Å². The van der Waals surface area contributed by atoms with E-state index in [9.17, 15) is 8.78 Å². The van der Waals surface area contributed by atoms with Crippen molar-refractivity contribution in [3.05, 3.63) is 29.8 Å². The number of halogens is 2. The Bertz CT molecular complexity index is 394. The molecular weight excluding hydrogens is 238 g/mol. The van der Waals surface area contributed by atoms with Gasteiger partial charge in [-0.3, -0.25) is 0 Å². The van der Waals surface area contributed by atoms with Crippen LogP contribution in [0.25, 0.3) is 0 Å². The summed E-state index contributed by atoms with van der Waals surface area (Å²) < 4.78 is 29.1. The minimum Gasteiger partial charge on any atom is -0.434 e. The van der Waals surface area contributed by atoms with Gasteiger partial charge in [-0.2, -0.15) is 8.78 Å². The van der Waals surface area contributed by atoms with Crippen molar-refractivity contribution in [1.82, 2.24) is 5.32 Å². The van der Waals surface area contributed by atoms with E-state index in [1.807, 2.05) is 13.0 Å². The van der Waals surface area contributed by atoms with Crippen LogP contribution in [-0.4, -0.2) is 18.7 Å². The van der Waals surface area contributed by atoms with Crippen LogP contribution in [-0.2, 0) is 0 Å². The quantitative estimate of drug-likeness (QED) is 0.850. The van der Waals surface area contributed by atoms with Crippen LogP contribution in [0.15, 0.2) is 24.3 Å². The summed E-state index contributed by atoms with van der Waals surface area (Å²) >= 11 is 0. The van der Waals surface area contributed by atoms with Crippen LogP contribution >= 0.6 is 0 Å². The third kappa shape index (κ3) is 3.17. The minimum atomic E-state index is -2.80. The zero-order valence-electron chi connectivity index (χ0n) is 10.3. The number of nitrogens with two attached hydrogens (primary N) is 1. The van der Waals surface area contributed by atoms with E-state index in [-0.39, 0.29) is 17.8 Å². The Balaban J connectivity index is 2.02. The van der Waals surface area contributed by atoms with Crippen molar-refractivity contribution in [2.45, 2.75) is 44.5 Å². The number of hydrogen-bond acceptors (Lipinski definition) is 3. The highest BCUT2D eigenvalue weighted by molar-refractivity contribution is 5.35. The standard InChI is InChI=1S/C13H18F2N2O/c1-8(17-10-6-9(16)7-10)11-4-2-3-5-12(11)18-13(14)15/h2-5,8-10,13,17H,6-7,16H2,1H3. The lowest BCUT2D eigenvalue weighted by atomic mass is 9.86. The molecule has 3 nitrogen and oxygen atoms in total. The Kier molecular flexibility index (Phi) is 4.14. The Morgan fingerprint density at radius 1 is 1.33 bits per heavy atom. The van der Waals surface area contributed by atoms with E-state index in [0.29, 0.717) is 6.04 Å². The lowest BCUT2D eigenvalue weighted by Crippen LogP contribution is -2.49. The fourth-order valence-electron chi connectivity index (χ4n) is 2.28. The van der Waals surface area contributed by atoms with E-state index < -0.39 is 6.61 Å². The molecule has 1 fully saturated rings. The SMILES string of the molecule is CC(NC1CC(N)C1)c1ccccc1OC(F)F. The lowest BCUT2D eigenvalue weighted by Gasteiger charge is -2.35. The van der Waals surface area contributed by atoms with Crippen molar-refractivity contribution in [2.24, 2.45) is 5.73 Å². The second kappa shape index (κ2) is 5.63. The topological polar surface area (TPSA) is 47.3 Å². The second-order valence-electron chi connectivity index (χ2n) is 4.73. The maximum absolute atomic E-state index is 12.3. The molecule has 5 heteroatoms. The second-order valence-corrected chi connectivity index (χ2v) is 4.73. The third-order valence-electron chi connectivity index (χ3n) is 3.26. The fraction of sp³-hybridized carbons (Fsp3) is 0.538. The molecule has 1 atom stereocenters. The molecule has 0 heterocycles. The smallest absolute Gasteiger partial charge is 0.387 e. The van der Waals surface area contributed by atoms with Crippen molar-refractivity contribution < 1.29 is 13.5 Å². The monoisotopic (exact) mass is 256 g/mol. The average Bonchev–Trinajstić information content (AvgIpc) is 2.26. The molecule has 0 bridgehead atoms. The van der Waals surface area contributed by atoms with Crippen molar-refractivity contribution in [1.29, 1.82) is 0 Å². The Morgan fingerprint density at radius 3 is 2.61 bits per heavy atom. The van der Waals surface area contributed by atoms with Crippen molar-refractivity contribution >= 4 is 0 Å². The van der Waals surface area contributed by atoms with Gasteiger partial charge < -0.3 is 15.8 Å². The summed E-state index contributed by atoms with van der Waals surface area (Å²) in [5.41, 5.74) is 6.46. The van der Waals surface area contributed by atoms with Gasteiger partial charge in [-0.15, -0.1) is 0 Å². The molecule has 100 valence electrons. The summed E-state index contributed by atoms with van der Waals surface area (Å²) in [6.07, 6.45) is 1.87. The van der Waals surface area contributed by atoms with Crippen LogP contribution in [0.2, 0.25) is 0 Å². The first kappa shape index (κ1) is 13.2. The molecule has 0 saturated heterocycles. The van der Waals surface area contributed by atoms with E-state index in [2.05, 4.69) is 10.1 Å². The zero-order chi connectivity index (χ0) is 13.1. The normalized spacial score (nSPS) is 24.7. The van der Waals surface area contributed by atoms with Crippen molar-refractivity contribution in [2.75, 3.05) is 0 Å². The summed E-state index contributed by atoms with van der Waals surface area (Å²) in [4.78, 5) is 0. The molecule has 1 saturated carbocycles. The maximum atomic E-state index is 12.3. The van der Waals surface area contributed by atoms with Gasteiger partial charge in [-0.25, -0.2) is 0 Å². The van der Waals surface area contributed by atoms with Crippen LogP contribution in [0, 0.1) is 0 Å². The highest BCUT2D eigenvalue weighted by Crippen LogP contribution is 2.28. The molecule has 18 heavy (non-hydrogen) atoms. The molecule has 0 spiro atoms. The van der Waals surface area contributed by atoms with Gasteiger partial charge in [-0.1, -0.05) is 18.2 Å². The van der Waals surface area contributed by atoms with Gasteiger partial charge in [0.05, 0.1) is 0 Å². The van der Waals surface area contributed by atoms with E-state index in [4.69, 9.17) is 5.73 Å². The molecule has 1 unspecified atom stereocenters. The van der Waals surface area contributed by atoms with Crippen LogP contribution in [0.4, 0.5) is 8.78 Å². The summed E-state index contributed by atoms with van der Waals surface area (Å²) in [6, 6.07) is 7.47. The number of benzene rings is 1. The molecule has 0 aliphatic heterocycles. The third-order valence-corrected chi connectivity index (χ3v) is 3.26. The van der Waals surface area contributed by atoms with Gasteiger partial charge >= 0.3 is 6.61 Å². The number of alkyl halides is 2. The summed E-state index contributed by atoms with van der Waals surface area (Å²) in [5, 5.41) is 3.37. The molecule has 0 radical (unpaired) electrons. The number of hydrogen-bond donors (Lipinski definition) is 2. The lowest BCUT2D eigenvalue weighted by molar-refractivity contribution is -0.0507. The molecule has 2 rings (SSSR count). The minimum absolute atomic E-state index is 0.0301. The number of para-hydroxylation sites is 1. The largest absolute Gasteiger partial charge is 0.434 e. The molecular formula is C13H18F2N2O. The molecule has 3 N–H and O–H groups in total. The fourth-order valence-corrected chi connectivity index (χ4v) is 2.28. The number of rotatable bonds is 5. The van der Waals surface area contributed by atoms with Gasteiger partial charge in [0.25, 0.3) is 0 Å². The van der Waals surface area contributed by atoms with Crippen LogP contribution in [0.5, 0.6) is 5.75 Å². The highest BCUT2D eigenvalue weighted by atomic mass is 19.3. The summed E-state index contributed by atoms with van der Waals surface area (Å²) in [5.74, 6) is 0.233. The van der Waals surface area contributed by atoms with Gasteiger partial charge in [0.15, 0.2) is 0 Å². The molecule has 0 aromatic heterocycles.